The average Bonchev–Trinajstić information content (AvgIpc) is 2.73. The molecule has 0 saturated carbocycles. The van der Waals surface area contributed by atoms with Gasteiger partial charge in [0.15, 0.2) is 0 Å². The van der Waals surface area contributed by atoms with Gasteiger partial charge in [-0.05, 0) is 25.9 Å². The van der Waals surface area contributed by atoms with Crippen LogP contribution in [0.4, 0.5) is 0 Å². The van der Waals surface area contributed by atoms with Crippen molar-refractivity contribution in [1.29, 1.82) is 0 Å². The first-order valence-electron chi connectivity index (χ1n) is 6.89. The van der Waals surface area contributed by atoms with E-state index in [0.717, 1.165) is 19.5 Å². The lowest BCUT2D eigenvalue weighted by Crippen LogP contribution is -2.42. The van der Waals surface area contributed by atoms with E-state index in [0.29, 0.717) is 25.2 Å². The van der Waals surface area contributed by atoms with E-state index >= 15 is 0 Å². The Bertz CT molecular complexity index is 330. The van der Waals surface area contributed by atoms with Crippen molar-refractivity contribution in [3.8, 4) is 0 Å². The zero-order chi connectivity index (χ0) is 13.6. The van der Waals surface area contributed by atoms with Crippen molar-refractivity contribution in [1.82, 2.24) is 14.9 Å². The Labute approximate surface area is 111 Å². The topological polar surface area (TPSA) is 61.4 Å². The summed E-state index contributed by atoms with van der Waals surface area (Å²) in [7, 11) is -3.14. The highest BCUT2D eigenvalue weighted by atomic mass is 32.2. The molecule has 1 rings (SSSR count). The molecule has 0 aliphatic carbocycles. The normalized spacial score (nSPS) is 21.9. The predicted octanol–water partition coefficient (Wildman–Crippen LogP) is 0.388. The van der Waals surface area contributed by atoms with Crippen LogP contribution in [0.15, 0.2) is 0 Å². The van der Waals surface area contributed by atoms with Crippen LogP contribution in [0.5, 0.6) is 0 Å². The molecule has 0 amide bonds. The third-order valence-corrected chi connectivity index (χ3v) is 4.72. The van der Waals surface area contributed by atoms with Crippen LogP contribution in [0.2, 0.25) is 0 Å². The van der Waals surface area contributed by atoms with E-state index in [2.05, 4.69) is 21.9 Å². The molecule has 0 aromatic rings. The summed E-state index contributed by atoms with van der Waals surface area (Å²) in [4.78, 5) is 2.34. The van der Waals surface area contributed by atoms with Crippen LogP contribution in [-0.4, -0.2) is 57.3 Å². The molecule has 1 aliphatic rings. The van der Waals surface area contributed by atoms with Gasteiger partial charge in [0.25, 0.3) is 0 Å². The molecule has 0 aromatic heterocycles. The fourth-order valence-corrected chi connectivity index (χ4v) is 3.30. The van der Waals surface area contributed by atoms with Crippen molar-refractivity contribution in [3.63, 3.8) is 0 Å². The minimum Gasteiger partial charge on any atom is -0.313 e. The van der Waals surface area contributed by atoms with E-state index in [1.54, 1.807) is 0 Å². The van der Waals surface area contributed by atoms with Crippen molar-refractivity contribution >= 4 is 10.0 Å². The molecular formula is C12H27N3O2S. The molecule has 0 aromatic carbocycles. The molecule has 2 N–H and O–H groups in total. The number of likely N-dealkylation sites (tertiary alicyclic amines) is 1. The third kappa shape index (κ3) is 5.65. The summed E-state index contributed by atoms with van der Waals surface area (Å²) in [6.07, 6.45) is 2.27. The Kier molecular flexibility index (Phi) is 6.55. The van der Waals surface area contributed by atoms with Crippen molar-refractivity contribution in [2.24, 2.45) is 0 Å². The standard InChI is InChI=1S/C12H27N3O2S/c1-4-15-8-5-6-12(15)10-14-18(16,17)9-7-13-11(2)3/h11-14H,4-10H2,1-3H3. The highest BCUT2D eigenvalue weighted by Gasteiger charge is 2.24. The van der Waals surface area contributed by atoms with Crippen LogP contribution in [-0.2, 0) is 10.0 Å². The molecule has 1 saturated heterocycles. The van der Waals surface area contributed by atoms with Crippen molar-refractivity contribution in [3.05, 3.63) is 0 Å². The van der Waals surface area contributed by atoms with Crippen LogP contribution in [0.25, 0.3) is 0 Å². The molecule has 1 fully saturated rings. The minimum atomic E-state index is -3.14. The molecule has 18 heavy (non-hydrogen) atoms. The van der Waals surface area contributed by atoms with Gasteiger partial charge in [-0.2, -0.15) is 0 Å². The summed E-state index contributed by atoms with van der Waals surface area (Å²) in [6, 6.07) is 0.702. The zero-order valence-corrected chi connectivity index (χ0v) is 12.6. The van der Waals surface area contributed by atoms with Crippen molar-refractivity contribution in [2.45, 2.75) is 45.7 Å². The maximum absolute atomic E-state index is 11.8. The van der Waals surface area contributed by atoms with Gasteiger partial charge in [-0.1, -0.05) is 20.8 Å². The summed E-state index contributed by atoms with van der Waals surface area (Å²) in [5, 5.41) is 3.12. The summed E-state index contributed by atoms with van der Waals surface area (Å²) in [6.45, 7) is 9.31. The maximum Gasteiger partial charge on any atom is 0.212 e. The molecular weight excluding hydrogens is 250 g/mol. The monoisotopic (exact) mass is 277 g/mol. The molecule has 1 aliphatic heterocycles. The van der Waals surface area contributed by atoms with Crippen LogP contribution in [0.3, 0.4) is 0 Å². The van der Waals surface area contributed by atoms with Crippen LogP contribution in [0, 0.1) is 0 Å². The number of rotatable bonds is 8. The largest absolute Gasteiger partial charge is 0.313 e. The Morgan fingerprint density at radius 1 is 1.39 bits per heavy atom. The molecule has 108 valence electrons. The van der Waals surface area contributed by atoms with E-state index in [1.165, 1.54) is 6.42 Å². The van der Waals surface area contributed by atoms with Crippen LogP contribution >= 0.6 is 0 Å². The van der Waals surface area contributed by atoms with E-state index in [4.69, 9.17) is 0 Å². The number of likely N-dealkylation sites (N-methyl/N-ethyl adjacent to an activating group) is 1. The Morgan fingerprint density at radius 2 is 2.11 bits per heavy atom. The van der Waals surface area contributed by atoms with Gasteiger partial charge in [-0.25, -0.2) is 13.1 Å². The lowest BCUT2D eigenvalue weighted by molar-refractivity contribution is 0.268. The van der Waals surface area contributed by atoms with Gasteiger partial charge in [0.1, 0.15) is 0 Å². The number of hydrogen-bond acceptors (Lipinski definition) is 4. The number of sulfonamides is 1. The second kappa shape index (κ2) is 7.43. The summed E-state index contributed by atoms with van der Waals surface area (Å²) < 4.78 is 26.3. The van der Waals surface area contributed by atoms with Gasteiger partial charge >= 0.3 is 0 Å². The molecule has 0 bridgehead atoms. The van der Waals surface area contributed by atoms with Gasteiger partial charge in [0.2, 0.25) is 10.0 Å². The first-order valence-corrected chi connectivity index (χ1v) is 8.54. The number of nitrogens with one attached hydrogen (secondary N) is 2. The van der Waals surface area contributed by atoms with Gasteiger partial charge in [0, 0.05) is 25.2 Å². The van der Waals surface area contributed by atoms with Gasteiger partial charge < -0.3 is 5.32 Å². The first kappa shape index (κ1) is 15.9. The Hall–Kier alpha value is -0.170. The maximum atomic E-state index is 11.8. The Morgan fingerprint density at radius 3 is 2.72 bits per heavy atom. The van der Waals surface area contributed by atoms with Crippen molar-refractivity contribution < 1.29 is 8.42 Å². The summed E-state index contributed by atoms with van der Waals surface area (Å²) in [5.41, 5.74) is 0. The summed E-state index contributed by atoms with van der Waals surface area (Å²) in [5.74, 6) is 0.157. The molecule has 0 spiro atoms. The molecule has 1 unspecified atom stereocenters. The Balaban J connectivity index is 2.28. The molecule has 6 heteroatoms. The second-order valence-electron chi connectivity index (χ2n) is 5.20. The predicted molar refractivity (Wildman–Crippen MR) is 75.2 cm³/mol. The van der Waals surface area contributed by atoms with E-state index in [1.807, 2.05) is 13.8 Å². The van der Waals surface area contributed by atoms with E-state index < -0.39 is 10.0 Å². The molecule has 1 atom stereocenters. The fraction of sp³-hybridized carbons (Fsp3) is 1.00. The van der Waals surface area contributed by atoms with Gasteiger partial charge in [-0.15, -0.1) is 0 Å². The first-order chi connectivity index (χ1) is 8.44. The lowest BCUT2D eigenvalue weighted by Gasteiger charge is -2.22. The van der Waals surface area contributed by atoms with Crippen LogP contribution in [0.1, 0.15) is 33.6 Å². The number of nitrogens with zero attached hydrogens (tertiary/aromatic N) is 1. The molecule has 0 radical (unpaired) electrons. The summed E-state index contributed by atoms with van der Waals surface area (Å²) >= 11 is 0. The quantitative estimate of drug-likeness (QED) is 0.674. The number of hydrogen-bond donors (Lipinski definition) is 2. The minimum absolute atomic E-state index is 0.157. The fourth-order valence-electron chi connectivity index (χ4n) is 2.32. The van der Waals surface area contributed by atoms with Crippen molar-refractivity contribution in [2.75, 3.05) is 31.9 Å². The van der Waals surface area contributed by atoms with E-state index in [9.17, 15) is 8.42 Å². The average molecular weight is 277 g/mol. The van der Waals surface area contributed by atoms with Crippen LogP contribution < -0.4 is 10.0 Å². The highest BCUT2D eigenvalue weighted by Crippen LogP contribution is 2.15. The SMILES string of the molecule is CCN1CCCC1CNS(=O)(=O)CCNC(C)C. The van der Waals surface area contributed by atoms with Gasteiger partial charge in [0.05, 0.1) is 5.75 Å². The molecule has 5 nitrogen and oxygen atoms in total. The van der Waals surface area contributed by atoms with E-state index in [-0.39, 0.29) is 5.75 Å². The third-order valence-electron chi connectivity index (χ3n) is 3.37. The lowest BCUT2D eigenvalue weighted by atomic mass is 10.2. The molecule has 1 heterocycles. The highest BCUT2D eigenvalue weighted by molar-refractivity contribution is 7.89. The smallest absolute Gasteiger partial charge is 0.212 e. The zero-order valence-electron chi connectivity index (χ0n) is 11.8. The van der Waals surface area contributed by atoms with Gasteiger partial charge in [-0.3, -0.25) is 4.90 Å². The second-order valence-corrected chi connectivity index (χ2v) is 7.13.